The Morgan fingerprint density at radius 1 is 1.07 bits per heavy atom. The summed E-state index contributed by atoms with van der Waals surface area (Å²) in [7, 11) is -2.50. The van der Waals surface area contributed by atoms with Crippen LogP contribution in [0, 0.1) is 0 Å². The van der Waals surface area contributed by atoms with E-state index in [0.717, 1.165) is 4.88 Å². The molecule has 0 amide bonds. The first kappa shape index (κ1) is 20.8. The fourth-order valence-corrected chi connectivity index (χ4v) is 5.05. The quantitative estimate of drug-likeness (QED) is 0.467. The lowest BCUT2D eigenvalue weighted by atomic mass is 10.1. The van der Waals surface area contributed by atoms with E-state index in [0.29, 0.717) is 16.0 Å². The third-order valence-corrected chi connectivity index (χ3v) is 7.18. The maximum absolute atomic E-state index is 12.9. The zero-order chi connectivity index (χ0) is 21.2. The van der Waals surface area contributed by atoms with E-state index in [4.69, 9.17) is 0 Å². The molecule has 0 saturated heterocycles. The van der Waals surface area contributed by atoms with Crippen molar-refractivity contribution < 1.29 is 27.9 Å². The van der Waals surface area contributed by atoms with Crippen molar-refractivity contribution >= 4 is 32.9 Å². The molecule has 0 bridgehead atoms. The van der Waals surface area contributed by atoms with Crippen LogP contribution in [0.3, 0.4) is 0 Å². The molecule has 0 aliphatic heterocycles. The monoisotopic (exact) mass is 430 g/mol. The molecule has 1 aromatic heterocycles. The van der Waals surface area contributed by atoms with Crippen LogP contribution < -0.4 is 0 Å². The second kappa shape index (κ2) is 8.18. The lowest BCUT2D eigenvalue weighted by Gasteiger charge is -2.08. The molecular formula is C21H18O6S2. The molecule has 0 atom stereocenters. The molecule has 3 rings (SSSR count). The minimum absolute atomic E-state index is 0.0328. The van der Waals surface area contributed by atoms with Gasteiger partial charge < -0.3 is 9.84 Å². The number of aromatic hydroxyl groups is 1. The first-order valence-electron chi connectivity index (χ1n) is 8.55. The van der Waals surface area contributed by atoms with Gasteiger partial charge >= 0.3 is 5.97 Å². The molecular weight excluding hydrogens is 412 g/mol. The smallest absolute Gasteiger partial charge is 0.341 e. The molecule has 0 radical (unpaired) electrons. The third kappa shape index (κ3) is 4.55. The number of carbonyl (C=O) groups excluding carboxylic acids is 2. The van der Waals surface area contributed by atoms with Gasteiger partial charge in [0, 0.05) is 4.88 Å². The SMILES string of the molecule is COC(=O)c1ccc(CS(=O)(=O)c2cccc(-c3ccc(C(C)=O)s3)c2)cc1O. The second-order valence-corrected chi connectivity index (χ2v) is 9.42. The molecule has 2 aromatic carbocycles. The highest BCUT2D eigenvalue weighted by Crippen LogP contribution is 2.31. The van der Waals surface area contributed by atoms with E-state index in [1.165, 1.54) is 49.6 Å². The van der Waals surface area contributed by atoms with Crippen molar-refractivity contribution in [1.29, 1.82) is 0 Å². The van der Waals surface area contributed by atoms with Crippen LogP contribution in [0.5, 0.6) is 5.75 Å². The molecule has 29 heavy (non-hydrogen) atoms. The Morgan fingerprint density at radius 2 is 1.83 bits per heavy atom. The Bertz CT molecular complexity index is 1190. The van der Waals surface area contributed by atoms with Crippen molar-refractivity contribution in [2.75, 3.05) is 7.11 Å². The number of methoxy groups -OCH3 is 1. The molecule has 150 valence electrons. The van der Waals surface area contributed by atoms with Gasteiger partial charge in [0.15, 0.2) is 15.6 Å². The van der Waals surface area contributed by atoms with Crippen molar-refractivity contribution in [3.05, 3.63) is 70.6 Å². The number of thiophene rings is 1. The van der Waals surface area contributed by atoms with Crippen molar-refractivity contribution in [3.63, 3.8) is 0 Å². The number of phenolic OH excluding ortho intramolecular Hbond substituents is 1. The number of phenols is 1. The average Bonchev–Trinajstić information content (AvgIpc) is 3.18. The number of Topliss-reactive ketones (excluding diaryl/α,β-unsaturated/α-hetero) is 1. The van der Waals surface area contributed by atoms with E-state index in [9.17, 15) is 23.1 Å². The first-order chi connectivity index (χ1) is 13.7. The maximum atomic E-state index is 12.9. The fourth-order valence-electron chi connectivity index (χ4n) is 2.78. The molecule has 8 heteroatoms. The summed E-state index contributed by atoms with van der Waals surface area (Å²) in [4.78, 5) is 24.6. The molecule has 3 aromatic rings. The third-order valence-electron chi connectivity index (χ3n) is 4.25. The number of ether oxygens (including phenoxy) is 1. The maximum Gasteiger partial charge on any atom is 0.341 e. The summed E-state index contributed by atoms with van der Waals surface area (Å²) in [5.41, 5.74) is 1.01. The van der Waals surface area contributed by atoms with E-state index < -0.39 is 15.8 Å². The van der Waals surface area contributed by atoms with Gasteiger partial charge in [0.25, 0.3) is 0 Å². The number of rotatable bonds is 6. The van der Waals surface area contributed by atoms with Gasteiger partial charge in [-0.1, -0.05) is 18.2 Å². The molecule has 1 heterocycles. The number of ketones is 1. The standard InChI is InChI=1S/C21H18O6S2/c1-13(22)19-8-9-20(28-19)15-4-3-5-16(11-15)29(25,26)12-14-6-7-17(18(23)10-14)21(24)27-2/h3-11,23H,12H2,1-2H3. The predicted octanol–water partition coefficient (Wildman–Crippen LogP) is 4.08. The number of hydrogen-bond acceptors (Lipinski definition) is 7. The number of hydrogen-bond donors (Lipinski definition) is 1. The minimum Gasteiger partial charge on any atom is -0.507 e. The van der Waals surface area contributed by atoms with Crippen molar-refractivity contribution in [3.8, 4) is 16.2 Å². The lowest BCUT2D eigenvalue weighted by molar-refractivity contribution is 0.0597. The van der Waals surface area contributed by atoms with Gasteiger partial charge in [-0.25, -0.2) is 13.2 Å². The van der Waals surface area contributed by atoms with E-state index in [1.54, 1.807) is 30.3 Å². The van der Waals surface area contributed by atoms with E-state index in [2.05, 4.69) is 4.74 Å². The molecule has 0 fully saturated rings. The zero-order valence-corrected chi connectivity index (χ0v) is 17.3. The van der Waals surface area contributed by atoms with Gasteiger partial charge in [0.2, 0.25) is 0 Å². The number of esters is 1. The Kier molecular flexibility index (Phi) is 5.86. The van der Waals surface area contributed by atoms with Crippen LogP contribution >= 0.6 is 11.3 Å². The molecule has 6 nitrogen and oxygen atoms in total. The van der Waals surface area contributed by atoms with Gasteiger partial charge in [-0.05, 0) is 54.4 Å². The lowest BCUT2D eigenvalue weighted by Crippen LogP contribution is -2.06. The van der Waals surface area contributed by atoms with Crippen LogP contribution in [-0.4, -0.2) is 32.4 Å². The molecule has 0 aliphatic carbocycles. The van der Waals surface area contributed by atoms with Gasteiger partial charge in [-0.3, -0.25) is 4.79 Å². The highest BCUT2D eigenvalue weighted by atomic mass is 32.2. The summed E-state index contributed by atoms with van der Waals surface area (Å²) >= 11 is 1.30. The predicted molar refractivity (Wildman–Crippen MR) is 110 cm³/mol. The van der Waals surface area contributed by atoms with Crippen LogP contribution in [0.2, 0.25) is 0 Å². The summed E-state index contributed by atoms with van der Waals surface area (Å²) in [5.74, 6) is -1.42. The van der Waals surface area contributed by atoms with Gasteiger partial charge in [0.1, 0.15) is 11.3 Å². The Labute approximate surface area is 172 Å². The fraction of sp³-hybridized carbons (Fsp3) is 0.143. The molecule has 0 unspecified atom stereocenters. The largest absolute Gasteiger partial charge is 0.507 e. The molecule has 0 aliphatic rings. The summed E-state index contributed by atoms with van der Waals surface area (Å²) < 4.78 is 30.3. The molecule has 1 N–H and O–H groups in total. The van der Waals surface area contributed by atoms with Crippen LogP contribution in [0.1, 0.15) is 32.5 Å². The Morgan fingerprint density at radius 3 is 2.45 bits per heavy atom. The Balaban J connectivity index is 1.89. The van der Waals surface area contributed by atoms with Crippen LogP contribution in [0.15, 0.2) is 59.5 Å². The van der Waals surface area contributed by atoms with Crippen LogP contribution in [0.4, 0.5) is 0 Å². The second-order valence-electron chi connectivity index (χ2n) is 6.35. The van der Waals surface area contributed by atoms with Crippen molar-refractivity contribution in [2.45, 2.75) is 17.6 Å². The average molecular weight is 431 g/mol. The number of benzene rings is 2. The number of sulfone groups is 1. The van der Waals surface area contributed by atoms with Crippen LogP contribution in [-0.2, 0) is 20.3 Å². The van der Waals surface area contributed by atoms with Gasteiger partial charge in [-0.15, -0.1) is 11.3 Å². The van der Waals surface area contributed by atoms with Gasteiger partial charge in [0.05, 0.1) is 22.6 Å². The highest BCUT2D eigenvalue weighted by molar-refractivity contribution is 7.90. The van der Waals surface area contributed by atoms with E-state index in [1.807, 2.05) is 0 Å². The minimum atomic E-state index is -3.70. The van der Waals surface area contributed by atoms with E-state index >= 15 is 0 Å². The topological polar surface area (TPSA) is 97.7 Å². The summed E-state index contributed by atoms with van der Waals surface area (Å²) in [6.07, 6.45) is 0. The summed E-state index contributed by atoms with van der Waals surface area (Å²) in [6, 6.07) is 14.0. The summed E-state index contributed by atoms with van der Waals surface area (Å²) in [6.45, 7) is 1.48. The normalized spacial score (nSPS) is 11.2. The number of carbonyl (C=O) groups is 2. The van der Waals surface area contributed by atoms with Crippen LogP contribution in [0.25, 0.3) is 10.4 Å². The molecule has 0 saturated carbocycles. The van der Waals surface area contributed by atoms with Crippen molar-refractivity contribution in [1.82, 2.24) is 0 Å². The summed E-state index contributed by atoms with van der Waals surface area (Å²) in [5, 5.41) is 9.98. The van der Waals surface area contributed by atoms with Gasteiger partial charge in [-0.2, -0.15) is 0 Å². The molecule has 0 spiro atoms. The zero-order valence-electron chi connectivity index (χ0n) is 15.7. The van der Waals surface area contributed by atoms with E-state index in [-0.39, 0.29) is 27.7 Å². The first-order valence-corrected chi connectivity index (χ1v) is 11.0. The van der Waals surface area contributed by atoms with Crippen molar-refractivity contribution in [2.24, 2.45) is 0 Å². The highest BCUT2D eigenvalue weighted by Gasteiger charge is 2.19. The Hall–Kier alpha value is -2.97.